The number of anilines is 1. The zero-order valence-electron chi connectivity index (χ0n) is 18.1. The molecule has 0 unspecified atom stereocenters. The fourth-order valence-corrected chi connectivity index (χ4v) is 5.87. The second-order valence-electron chi connectivity index (χ2n) is 8.25. The molecule has 0 fully saturated rings. The Morgan fingerprint density at radius 3 is 1.82 bits per heavy atom. The van der Waals surface area contributed by atoms with E-state index in [-0.39, 0.29) is 0 Å². The van der Waals surface area contributed by atoms with Crippen molar-refractivity contribution in [1.82, 2.24) is 4.98 Å². The summed E-state index contributed by atoms with van der Waals surface area (Å²) in [6.07, 6.45) is 1.80. The molecule has 0 spiro atoms. The largest absolute Gasteiger partial charge is 0.404 e. The van der Waals surface area contributed by atoms with Crippen molar-refractivity contribution in [2.45, 2.75) is 0 Å². The van der Waals surface area contributed by atoms with Gasteiger partial charge in [0.25, 0.3) is 0 Å². The minimum atomic E-state index is -1.52. The SMILES string of the molecule is c1cnc2c(Np3oc4ccc5ccccc5c4c4c(ccc5ccccc54)o3)cccc2c1. The van der Waals surface area contributed by atoms with Gasteiger partial charge in [-0.1, -0.05) is 78.9 Å². The molecule has 1 N–H and O–H groups in total. The Morgan fingerprint density at radius 2 is 1.15 bits per heavy atom. The van der Waals surface area contributed by atoms with Crippen molar-refractivity contribution >= 4 is 68.2 Å². The molecule has 2 aromatic heterocycles. The van der Waals surface area contributed by atoms with Crippen molar-refractivity contribution in [2.24, 2.45) is 0 Å². The first kappa shape index (κ1) is 19.2. The predicted molar refractivity (Wildman–Crippen MR) is 142 cm³/mol. The van der Waals surface area contributed by atoms with E-state index in [4.69, 9.17) is 8.39 Å². The minimum absolute atomic E-state index is 0.806. The lowest BCUT2D eigenvalue weighted by Gasteiger charge is -2.06. The Kier molecular flexibility index (Phi) is 4.33. The smallest absolute Gasteiger partial charge is 0.338 e. The van der Waals surface area contributed by atoms with Crippen LogP contribution in [0.3, 0.4) is 0 Å². The van der Waals surface area contributed by atoms with Crippen molar-refractivity contribution in [3.63, 3.8) is 0 Å². The summed E-state index contributed by atoms with van der Waals surface area (Å²) in [6, 6.07) is 35.2. The number of para-hydroxylation sites is 1. The lowest BCUT2D eigenvalue weighted by Crippen LogP contribution is -1.88. The summed E-state index contributed by atoms with van der Waals surface area (Å²) in [7, 11) is -1.52. The summed E-state index contributed by atoms with van der Waals surface area (Å²) < 4.78 is 13.1. The van der Waals surface area contributed by atoms with Crippen LogP contribution in [-0.4, -0.2) is 4.98 Å². The van der Waals surface area contributed by atoms with Crippen LogP contribution in [0, 0.1) is 0 Å². The first-order valence-corrected chi connectivity index (χ1v) is 12.3. The van der Waals surface area contributed by atoms with E-state index in [1.165, 1.54) is 10.8 Å². The molecule has 0 radical (unpaired) electrons. The molecule has 0 saturated carbocycles. The summed E-state index contributed by atoms with van der Waals surface area (Å²) in [5, 5.41) is 11.3. The van der Waals surface area contributed by atoms with E-state index in [0.29, 0.717) is 0 Å². The fourth-order valence-electron chi connectivity index (χ4n) is 4.71. The van der Waals surface area contributed by atoms with Gasteiger partial charge in [-0.2, -0.15) is 0 Å². The molecule has 0 aliphatic rings. The van der Waals surface area contributed by atoms with Crippen LogP contribution in [0.15, 0.2) is 118 Å². The highest BCUT2D eigenvalue weighted by Crippen LogP contribution is 2.41. The molecule has 0 aliphatic heterocycles. The number of hydrogen-bond acceptors (Lipinski definition) is 4. The maximum absolute atomic E-state index is 6.55. The first-order chi connectivity index (χ1) is 16.8. The highest BCUT2D eigenvalue weighted by atomic mass is 31.1. The summed E-state index contributed by atoms with van der Waals surface area (Å²) in [6.45, 7) is 0. The van der Waals surface area contributed by atoms with Crippen LogP contribution in [0.2, 0.25) is 0 Å². The van der Waals surface area contributed by atoms with Gasteiger partial charge in [0, 0.05) is 22.4 Å². The maximum Gasteiger partial charge on any atom is 0.338 e. The summed E-state index contributed by atoms with van der Waals surface area (Å²) in [5.74, 6) is 0. The minimum Gasteiger partial charge on any atom is -0.404 e. The molecule has 34 heavy (non-hydrogen) atoms. The molecule has 0 amide bonds. The van der Waals surface area contributed by atoms with E-state index < -0.39 is 8.16 Å². The molecule has 0 bridgehead atoms. The lowest BCUT2D eigenvalue weighted by atomic mass is 9.99. The third kappa shape index (κ3) is 3.04. The molecule has 2 heterocycles. The lowest BCUT2D eigenvalue weighted by molar-refractivity contribution is 0.646. The molecule has 5 aromatic carbocycles. The average Bonchev–Trinajstić information content (AvgIpc) is 3.05. The number of nitrogens with one attached hydrogen (secondary N) is 1. The molecular formula is C29H19N2O2P. The zero-order valence-corrected chi connectivity index (χ0v) is 19.0. The molecule has 7 rings (SSSR count). The van der Waals surface area contributed by atoms with Crippen LogP contribution in [0.4, 0.5) is 5.69 Å². The molecule has 0 aliphatic carbocycles. The van der Waals surface area contributed by atoms with E-state index in [2.05, 4.69) is 95.0 Å². The van der Waals surface area contributed by atoms with Gasteiger partial charge >= 0.3 is 8.16 Å². The molecule has 0 saturated heterocycles. The number of pyridine rings is 1. The quantitative estimate of drug-likeness (QED) is 0.281. The van der Waals surface area contributed by atoms with Crippen LogP contribution in [0.5, 0.6) is 0 Å². The second-order valence-corrected chi connectivity index (χ2v) is 9.35. The number of rotatable bonds is 2. The summed E-state index contributed by atoms with van der Waals surface area (Å²) in [5.41, 5.74) is 3.39. The molecule has 7 aromatic rings. The number of fused-ring (bicyclic) bond motifs is 8. The molecular weight excluding hydrogens is 439 g/mol. The first-order valence-electron chi connectivity index (χ1n) is 11.2. The van der Waals surface area contributed by atoms with Crippen LogP contribution < -0.4 is 5.09 Å². The Labute approximate surface area is 196 Å². The Bertz CT molecular complexity index is 1810. The van der Waals surface area contributed by atoms with Crippen molar-refractivity contribution in [3.05, 3.63) is 109 Å². The molecule has 0 atom stereocenters. The maximum atomic E-state index is 6.55. The van der Waals surface area contributed by atoms with Crippen molar-refractivity contribution in [1.29, 1.82) is 0 Å². The molecule has 4 nitrogen and oxygen atoms in total. The van der Waals surface area contributed by atoms with Crippen LogP contribution in [-0.2, 0) is 0 Å². The monoisotopic (exact) mass is 458 g/mol. The standard InChI is InChI=1S/C29H19N2O2P/c1-3-11-22-19(7-1)14-16-25-27(22)28-23-12-4-2-8-20(23)15-17-26(28)33-34(32-25)31-24-13-5-9-21-10-6-18-30-29(21)24/h1-18,31H. The van der Waals surface area contributed by atoms with E-state index in [1.54, 1.807) is 6.20 Å². The van der Waals surface area contributed by atoms with Gasteiger partial charge in [-0.3, -0.25) is 10.1 Å². The number of aromatic nitrogens is 1. The van der Waals surface area contributed by atoms with E-state index >= 15 is 0 Å². The topological polar surface area (TPSA) is 51.2 Å². The van der Waals surface area contributed by atoms with Gasteiger partial charge in [-0.05, 0) is 45.8 Å². The van der Waals surface area contributed by atoms with E-state index in [9.17, 15) is 0 Å². The van der Waals surface area contributed by atoms with Gasteiger partial charge in [0.05, 0.1) is 11.2 Å². The van der Waals surface area contributed by atoms with Crippen molar-refractivity contribution < 1.29 is 8.39 Å². The second kappa shape index (κ2) is 7.65. The van der Waals surface area contributed by atoms with Gasteiger partial charge in [-0.25, -0.2) is 0 Å². The number of benzene rings is 5. The van der Waals surface area contributed by atoms with Gasteiger partial charge in [-0.15, -0.1) is 0 Å². The van der Waals surface area contributed by atoms with Crippen LogP contribution in [0.1, 0.15) is 0 Å². The predicted octanol–water partition coefficient (Wildman–Crippen LogP) is 9.02. The highest BCUT2D eigenvalue weighted by molar-refractivity contribution is 7.39. The number of nitrogens with zero attached hydrogens (tertiary/aromatic N) is 1. The average molecular weight is 458 g/mol. The number of hydrogen-bond donors (Lipinski definition) is 1. The van der Waals surface area contributed by atoms with Gasteiger partial charge < -0.3 is 8.39 Å². The van der Waals surface area contributed by atoms with Crippen LogP contribution in [0.25, 0.3) is 54.4 Å². The summed E-state index contributed by atoms with van der Waals surface area (Å²) in [4.78, 5) is 4.58. The Morgan fingerprint density at radius 1 is 0.559 bits per heavy atom. The normalized spacial score (nSPS) is 11.5. The van der Waals surface area contributed by atoms with Gasteiger partial charge in [0.1, 0.15) is 11.2 Å². The van der Waals surface area contributed by atoms with Crippen molar-refractivity contribution in [3.8, 4) is 0 Å². The summed E-state index contributed by atoms with van der Waals surface area (Å²) >= 11 is 0. The third-order valence-corrected chi connectivity index (χ3v) is 7.39. The van der Waals surface area contributed by atoms with Crippen LogP contribution >= 0.6 is 8.16 Å². The van der Waals surface area contributed by atoms with E-state index in [0.717, 1.165) is 49.3 Å². The highest BCUT2D eigenvalue weighted by Gasteiger charge is 2.13. The molecule has 5 heteroatoms. The zero-order chi connectivity index (χ0) is 22.5. The Balaban J connectivity index is 1.61. The van der Waals surface area contributed by atoms with Crippen molar-refractivity contribution in [2.75, 3.05) is 5.09 Å². The van der Waals surface area contributed by atoms with E-state index in [1.807, 2.05) is 18.2 Å². The third-order valence-electron chi connectivity index (χ3n) is 6.24. The molecule has 162 valence electrons. The van der Waals surface area contributed by atoms with Gasteiger partial charge in [0.15, 0.2) is 0 Å². The Hall–Kier alpha value is -4.27. The fraction of sp³-hybridized carbons (Fsp3) is 0. The van der Waals surface area contributed by atoms with Gasteiger partial charge in [0.2, 0.25) is 0 Å².